The molecule has 1 aliphatic rings. The van der Waals surface area contributed by atoms with E-state index in [2.05, 4.69) is 24.3 Å². The molecule has 0 spiro atoms. The second kappa shape index (κ2) is 6.99. The predicted molar refractivity (Wildman–Crippen MR) is 109 cm³/mol. The zero-order valence-electron chi connectivity index (χ0n) is 14.5. The number of nitrogens with zero attached hydrogens (tertiary/aromatic N) is 1. The maximum absolute atomic E-state index is 12.7. The molecule has 7 heteroatoms. The number of sulfonamides is 1. The van der Waals surface area contributed by atoms with Gasteiger partial charge in [-0.3, -0.25) is 4.79 Å². The molecule has 0 saturated carbocycles. The standard InChI is InChI=1S/C20H18N2O3S2/c21-27(24,25)18-7-8-19-16(12-18)9-10-22(19)20(23)13-26-17-6-5-14-3-1-2-4-15(14)11-17/h1-8,11-12H,9-10,13H2,(H2,21,24,25). The van der Waals surface area contributed by atoms with Crippen LogP contribution in [0.15, 0.2) is 70.5 Å². The largest absolute Gasteiger partial charge is 0.311 e. The van der Waals surface area contributed by atoms with Gasteiger partial charge in [0.05, 0.1) is 10.6 Å². The number of carbonyl (C=O) groups excluding carboxylic acids is 1. The van der Waals surface area contributed by atoms with Crippen LogP contribution in [0.2, 0.25) is 0 Å². The number of carbonyl (C=O) groups is 1. The summed E-state index contributed by atoms with van der Waals surface area (Å²) in [6.45, 7) is 0.556. The summed E-state index contributed by atoms with van der Waals surface area (Å²) in [5, 5.41) is 7.51. The number of hydrogen-bond acceptors (Lipinski definition) is 4. The zero-order chi connectivity index (χ0) is 19.0. The molecule has 0 bridgehead atoms. The highest BCUT2D eigenvalue weighted by Gasteiger charge is 2.25. The fraction of sp³-hybridized carbons (Fsp3) is 0.150. The second-order valence-electron chi connectivity index (χ2n) is 6.43. The molecule has 0 saturated heterocycles. The van der Waals surface area contributed by atoms with Gasteiger partial charge in [-0.1, -0.05) is 30.3 Å². The van der Waals surface area contributed by atoms with Gasteiger partial charge in [0.25, 0.3) is 0 Å². The van der Waals surface area contributed by atoms with Crippen molar-refractivity contribution in [2.75, 3.05) is 17.2 Å². The predicted octanol–water partition coefficient (Wildman–Crippen LogP) is 3.17. The van der Waals surface area contributed by atoms with Crippen LogP contribution in [0.3, 0.4) is 0 Å². The van der Waals surface area contributed by atoms with E-state index in [1.54, 1.807) is 17.0 Å². The lowest BCUT2D eigenvalue weighted by Crippen LogP contribution is -2.30. The Kier molecular flexibility index (Phi) is 4.67. The molecule has 2 N–H and O–H groups in total. The van der Waals surface area contributed by atoms with Gasteiger partial charge in [0.15, 0.2) is 0 Å². The van der Waals surface area contributed by atoms with Gasteiger partial charge in [-0.15, -0.1) is 11.8 Å². The van der Waals surface area contributed by atoms with Crippen LogP contribution < -0.4 is 10.0 Å². The summed E-state index contributed by atoms with van der Waals surface area (Å²) < 4.78 is 23.0. The number of amides is 1. The summed E-state index contributed by atoms with van der Waals surface area (Å²) >= 11 is 1.51. The first-order chi connectivity index (χ1) is 12.9. The number of rotatable bonds is 4. The van der Waals surface area contributed by atoms with Gasteiger partial charge in [0, 0.05) is 17.1 Å². The lowest BCUT2D eigenvalue weighted by Gasteiger charge is -2.17. The van der Waals surface area contributed by atoms with E-state index in [0.29, 0.717) is 18.7 Å². The van der Waals surface area contributed by atoms with Crippen LogP contribution in [0.5, 0.6) is 0 Å². The maximum Gasteiger partial charge on any atom is 0.238 e. The van der Waals surface area contributed by atoms with Gasteiger partial charge < -0.3 is 4.90 Å². The molecule has 27 heavy (non-hydrogen) atoms. The molecule has 3 aromatic rings. The Bertz CT molecular complexity index is 1140. The monoisotopic (exact) mass is 398 g/mol. The van der Waals surface area contributed by atoms with E-state index >= 15 is 0 Å². The molecule has 5 nitrogen and oxygen atoms in total. The molecule has 1 aliphatic heterocycles. The lowest BCUT2D eigenvalue weighted by molar-refractivity contribution is -0.116. The number of hydrogen-bond donors (Lipinski definition) is 1. The highest BCUT2D eigenvalue weighted by molar-refractivity contribution is 8.00. The molecule has 0 unspecified atom stereocenters. The molecular formula is C20H18N2O3S2. The first kappa shape index (κ1) is 18.0. The van der Waals surface area contributed by atoms with Gasteiger partial charge in [-0.2, -0.15) is 0 Å². The number of thioether (sulfide) groups is 1. The average Bonchev–Trinajstić information content (AvgIpc) is 3.08. The molecule has 3 aromatic carbocycles. The van der Waals surface area contributed by atoms with E-state index < -0.39 is 10.0 Å². The minimum absolute atomic E-state index is 0.00950. The molecule has 0 atom stereocenters. The third kappa shape index (κ3) is 3.71. The van der Waals surface area contributed by atoms with E-state index in [-0.39, 0.29) is 10.8 Å². The molecule has 0 aromatic heterocycles. The number of primary sulfonamides is 1. The first-order valence-corrected chi connectivity index (χ1v) is 11.0. The number of nitrogens with two attached hydrogens (primary N) is 1. The fourth-order valence-corrected chi connectivity index (χ4v) is 4.68. The minimum Gasteiger partial charge on any atom is -0.311 e. The van der Waals surface area contributed by atoms with E-state index in [1.807, 2.05) is 18.2 Å². The second-order valence-corrected chi connectivity index (χ2v) is 9.04. The van der Waals surface area contributed by atoms with E-state index in [1.165, 1.54) is 23.2 Å². The van der Waals surface area contributed by atoms with E-state index in [9.17, 15) is 13.2 Å². The average molecular weight is 399 g/mol. The first-order valence-electron chi connectivity index (χ1n) is 8.49. The summed E-state index contributed by atoms with van der Waals surface area (Å²) in [5.74, 6) is 0.338. The summed E-state index contributed by atoms with van der Waals surface area (Å²) in [5.41, 5.74) is 1.61. The van der Waals surface area contributed by atoms with Gasteiger partial charge in [0.1, 0.15) is 0 Å². The Morgan fingerprint density at radius 1 is 1.04 bits per heavy atom. The van der Waals surface area contributed by atoms with Gasteiger partial charge >= 0.3 is 0 Å². The molecule has 1 heterocycles. The van der Waals surface area contributed by atoms with Crippen molar-refractivity contribution in [1.29, 1.82) is 0 Å². The number of benzene rings is 3. The summed E-state index contributed by atoms with van der Waals surface area (Å²) in [7, 11) is -3.73. The topological polar surface area (TPSA) is 80.5 Å². The highest BCUT2D eigenvalue weighted by Crippen LogP contribution is 2.31. The molecule has 4 rings (SSSR count). The molecule has 0 fully saturated rings. The third-order valence-electron chi connectivity index (χ3n) is 4.66. The van der Waals surface area contributed by atoms with Gasteiger partial charge in [-0.25, -0.2) is 13.6 Å². The smallest absolute Gasteiger partial charge is 0.238 e. The molecule has 1 amide bonds. The van der Waals surface area contributed by atoms with E-state index in [4.69, 9.17) is 5.14 Å². The molecule has 138 valence electrons. The van der Waals surface area contributed by atoms with E-state index in [0.717, 1.165) is 21.5 Å². The van der Waals surface area contributed by atoms with Crippen molar-refractivity contribution < 1.29 is 13.2 Å². The SMILES string of the molecule is NS(=O)(=O)c1ccc2c(c1)CCN2C(=O)CSc1ccc2ccccc2c1. The quantitative estimate of drug-likeness (QED) is 0.685. The van der Waals surface area contributed by atoms with Crippen molar-refractivity contribution in [2.45, 2.75) is 16.2 Å². The third-order valence-corrected chi connectivity index (χ3v) is 6.55. The van der Waals surface area contributed by atoms with Crippen LogP contribution in [0.1, 0.15) is 5.56 Å². The maximum atomic E-state index is 12.7. The van der Waals surface area contributed by atoms with Gasteiger partial charge in [-0.05, 0) is 53.1 Å². The number of fused-ring (bicyclic) bond motifs is 2. The van der Waals surface area contributed by atoms with Crippen LogP contribution in [0.25, 0.3) is 10.8 Å². The summed E-state index contributed by atoms with van der Waals surface area (Å²) in [6.07, 6.45) is 0.630. The highest BCUT2D eigenvalue weighted by atomic mass is 32.2. The van der Waals surface area contributed by atoms with Gasteiger partial charge in [0.2, 0.25) is 15.9 Å². The van der Waals surface area contributed by atoms with Crippen molar-refractivity contribution in [2.24, 2.45) is 5.14 Å². The van der Waals surface area contributed by atoms with Crippen LogP contribution in [0.4, 0.5) is 5.69 Å². The Morgan fingerprint density at radius 3 is 2.59 bits per heavy atom. The Morgan fingerprint density at radius 2 is 1.81 bits per heavy atom. The normalized spacial score (nSPS) is 13.7. The minimum atomic E-state index is -3.73. The fourth-order valence-electron chi connectivity index (χ4n) is 3.29. The van der Waals surface area contributed by atoms with Crippen molar-refractivity contribution in [1.82, 2.24) is 0 Å². The Labute approximate surface area is 162 Å². The van der Waals surface area contributed by atoms with Crippen molar-refractivity contribution in [3.63, 3.8) is 0 Å². The van der Waals surface area contributed by atoms with Crippen LogP contribution in [0, 0.1) is 0 Å². The van der Waals surface area contributed by atoms with Crippen LogP contribution >= 0.6 is 11.8 Å². The Hall–Kier alpha value is -2.35. The summed E-state index contributed by atoms with van der Waals surface area (Å²) in [4.78, 5) is 15.5. The summed E-state index contributed by atoms with van der Waals surface area (Å²) in [6, 6.07) is 19.0. The van der Waals surface area contributed by atoms with Crippen molar-refractivity contribution in [3.8, 4) is 0 Å². The van der Waals surface area contributed by atoms with Crippen LogP contribution in [-0.4, -0.2) is 26.6 Å². The Balaban J connectivity index is 1.48. The molecule has 0 aliphatic carbocycles. The molecular weight excluding hydrogens is 380 g/mol. The van der Waals surface area contributed by atoms with Crippen LogP contribution in [-0.2, 0) is 21.2 Å². The van der Waals surface area contributed by atoms with Crippen molar-refractivity contribution >= 4 is 44.2 Å². The van der Waals surface area contributed by atoms with Crippen molar-refractivity contribution in [3.05, 3.63) is 66.2 Å². The molecule has 0 radical (unpaired) electrons. The number of anilines is 1. The zero-order valence-corrected chi connectivity index (χ0v) is 16.1. The lowest BCUT2D eigenvalue weighted by atomic mass is 10.1.